The van der Waals surface area contributed by atoms with Gasteiger partial charge in [0.2, 0.25) is 0 Å². The number of ketones is 1. The molecular formula is C15H19NO2. The number of hydrogen-bond acceptors (Lipinski definition) is 3. The van der Waals surface area contributed by atoms with E-state index in [4.69, 9.17) is 4.74 Å². The highest BCUT2D eigenvalue weighted by Crippen LogP contribution is 2.27. The fourth-order valence-corrected chi connectivity index (χ4v) is 2.91. The molecule has 3 heteroatoms. The average Bonchev–Trinajstić information content (AvgIpc) is 2.85. The van der Waals surface area contributed by atoms with E-state index in [2.05, 4.69) is 4.90 Å². The van der Waals surface area contributed by atoms with Gasteiger partial charge in [0, 0.05) is 12.5 Å². The quantitative estimate of drug-likeness (QED) is 0.801. The molecule has 0 spiro atoms. The third-order valence-electron chi connectivity index (χ3n) is 3.92. The number of carbonyl (C=O) groups excluding carboxylic acids is 1. The molecule has 2 aliphatic heterocycles. The molecule has 1 saturated heterocycles. The van der Waals surface area contributed by atoms with Gasteiger partial charge >= 0.3 is 0 Å². The zero-order valence-electron chi connectivity index (χ0n) is 10.6. The summed E-state index contributed by atoms with van der Waals surface area (Å²) in [6.07, 6.45) is 3.38. The van der Waals surface area contributed by atoms with E-state index in [1.807, 2.05) is 24.3 Å². The van der Waals surface area contributed by atoms with E-state index in [9.17, 15) is 4.79 Å². The Labute approximate surface area is 108 Å². The zero-order valence-corrected chi connectivity index (χ0v) is 10.6. The summed E-state index contributed by atoms with van der Waals surface area (Å²) in [5, 5.41) is 0. The Hall–Kier alpha value is -1.35. The molecule has 0 amide bonds. The highest BCUT2D eigenvalue weighted by molar-refractivity contribution is 6.00. The van der Waals surface area contributed by atoms with Gasteiger partial charge in [0.05, 0.1) is 12.2 Å². The second kappa shape index (κ2) is 5.11. The lowest BCUT2D eigenvalue weighted by Gasteiger charge is -2.20. The Bertz CT molecular complexity index is 438. The lowest BCUT2D eigenvalue weighted by Crippen LogP contribution is -2.31. The van der Waals surface area contributed by atoms with Crippen LogP contribution in [0.3, 0.4) is 0 Å². The lowest BCUT2D eigenvalue weighted by molar-refractivity contribution is 0.0883. The maximum Gasteiger partial charge on any atom is 0.171 e. The average molecular weight is 245 g/mol. The first-order valence-corrected chi connectivity index (χ1v) is 6.83. The number of rotatable bonds is 2. The first kappa shape index (κ1) is 11.7. The van der Waals surface area contributed by atoms with E-state index in [-0.39, 0.29) is 11.7 Å². The number of carbonyl (C=O) groups is 1. The second-order valence-corrected chi connectivity index (χ2v) is 5.20. The molecule has 3 rings (SSSR count). The Morgan fingerprint density at radius 3 is 2.83 bits per heavy atom. The highest BCUT2D eigenvalue weighted by Gasteiger charge is 2.28. The summed E-state index contributed by atoms with van der Waals surface area (Å²) in [5.41, 5.74) is 0.763. The van der Waals surface area contributed by atoms with Crippen LogP contribution in [0.25, 0.3) is 0 Å². The molecule has 0 N–H and O–H groups in total. The molecule has 1 aromatic rings. The molecule has 0 bridgehead atoms. The van der Waals surface area contributed by atoms with Crippen molar-refractivity contribution in [2.75, 3.05) is 26.2 Å². The highest BCUT2D eigenvalue weighted by atomic mass is 16.5. The van der Waals surface area contributed by atoms with E-state index in [0.717, 1.165) is 37.4 Å². The summed E-state index contributed by atoms with van der Waals surface area (Å²) in [6, 6.07) is 7.62. The monoisotopic (exact) mass is 245 g/mol. The van der Waals surface area contributed by atoms with E-state index in [1.54, 1.807) is 0 Å². The number of hydrogen-bond donors (Lipinski definition) is 0. The lowest BCUT2D eigenvalue weighted by atomic mass is 9.95. The van der Waals surface area contributed by atoms with Crippen LogP contribution in [0.2, 0.25) is 0 Å². The Kier molecular flexibility index (Phi) is 3.33. The van der Waals surface area contributed by atoms with E-state index < -0.39 is 0 Å². The van der Waals surface area contributed by atoms with Crippen LogP contribution in [-0.2, 0) is 0 Å². The number of nitrogens with zero attached hydrogens (tertiary/aromatic N) is 1. The number of Topliss-reactive ketones (excluding diaryl/α,β-unsaturated/α-hetero) is 1. The summed E-state index contributed by atoms with van der Waals surface area (Å²) in [5.74, 6) is 1.12. The molecule has 2 heterocycles. The van der Waals surface area contributed by atoms with Gasteiger partial charge in [0.1, 0.15) is 5.75 Å². The van der Waals surface area contributed by atoms with E-state index >= 15 is 0 Å². The summed E-state index contributed by atoms with van der Waals surface area (Å²) in [4.78, 5) is 14.9. The molecule has 1 aromatic carbocycles. The maximum absolute atomic E-state index is 12.5. The van der Waals surface area contributed by atoms with Gasteiger partial charge in [-0.3, -0.25) is 4.79 Å². The van der Waals surface area contributed by atoms with Crippen molar-refractivity contribution in [3.63, 3.8) is 0 Å². The number of likely N-dealkylation sites (tertiary alicyclic amines) is 1. The van der Waals surface area contributed by atoms with Gasteiger partial charge in [-0.15, -0.1) is 0 Å². The van der Waals surface area contributed by atoms with Gasteiger partial charge in [-0.25, -0.2) is 0 Å². The zero-order chi connectivity index (χ0) is 12.4. The Morgan fingerprint density at radius 2 is 2.00 bits per heavy atom. The number of ether oxygens (including phenoxy) is 1. The fraction of sp³-hybridized carbons (Fsp3) is 0.533. The molecule has 0 radical (unpaired) electrons. The van der Waals surface area contributed by atoms with Crippen LogP contribution in [0.15, 0.2) is 24.3 Å². The number of para-hydroxylation sites is 1. The Morgan fingerprint density at radius 1 is 1.22 bits per heavy atom. The third-order valence-corrected chi connectivity index (χ3v) is 3.92. The molecule has 96 valence electrons. The van der Waals surface area contributed by atoms with Crippen LogP contribution in [0.1, 0.15) is 29.6 Å². The minimum absolute atomic E-state index is 0.103. The van der Waals surface area contributed by atoms with Crippen LogP contribution >= 0.6 is 0 Å². The molecule has 1 unspecified atom stereocenters. The van der Waals surface area contributed by atoms with Crippen molar-refractivity contribution in [1.29, 1.82) is 0 Å². The molecule has 18 heavy (non-hydrogen) atoms. The Balaban J connectivity index is 1.78. The molecule has 0 aromatic heterocycles. The van der Waals surface area contributed by atoms with Crippen LogP contribution in [0, 0.1) is 5.92 Å². The van der Waals surface area contributed by atoms with Crippen molar-refractivity contribution in [2.45, 2.75) is 19.3 Å². The molecule has 0 saturated carbocycles. The standard InChI is InChI=1S/C15H19NO2/c17-15-12(11-16-8-3-4-9-16)7-10-18-14-6-2-1-5-13(14)15/h1-2,5-6,12H,3-4,7-11H2. The number of fused-ring (bicyclic) bond motifs is 1. The fourth-order valence-electron chi connectivity index (χ4n) is 2.91. The van der Waals surface area contributed by atoms with Gasteiger partial charge < -0.3 is 9.64 Å². The topological polar surface area (TPSA) is 29.5 Å². The van der Waals surface area contributed by atoms with Crippen LogP contribution in [0.4, 0.5) is 0 Å². The van der Waals surface area contributed by atoms with Gasteiger partial charge in [0.25, 0.3) is 0 Å². The SMILES string of the molecule is O=C1c2ccccc2OCCC1CN1CCCC1. The van der Waals surface area contributed by atoms with Crippen molar-refractivity contribution < 1.29 is 9.53 Å². The smallest absolute Gasteiger partial charge is 0.171 e. The number of benzene rings is 1. The van der Waals surface area contributed by atoms with Crippen molar-refractivity contribution in [2.24, 2.45) is 5.92 Å². The van der Waals surface area contributed by atoms with E-state index in [0.29, 0.717) is 6.61 Å². The van der Waals surface area contributed by atoms with Crippen molar-refractivity contribution in [1.82, 2.24) is 4.90 Å². The summed E-state index contributed by atoms with van der Waals surface area (Å²) in [7, 11) is 0. The van der Waals surface area contributed by atoms with Gasteiger partial charge in [0.15, 0.2) is 5.78 Å². The molecule has 0 aliphatic carbocycles. The van der Waals surface area contributed by atoms with Crippen LogP contribution in [0.5, 0.6) is 5.75 Å². The normalized spacial score (nSPS) is 24.4. The predicted octanol–water partition coefficient (Wildman–Crippen LogP) is 2.36. The minimum atomic E-state index is 0.103. The molecule has 2 aliphatic rings. The molecule has 1 atom stereocenters. The maximum atomic E-state index is 12.5. The van der Waals surface area contributed by atoms with Gasteiger partial charge in [-0.1, -0.05) is 12.1 Å². The molecule has 1 fully saturated rings. The van der Waals surface area contributed by atoms with Gasteiger partial charge in [-0.2, -0.15) is 0 Å². The largest absolute Gasteiger partial charge is 0.493 e. The van der Waals surface area contributed by atoms with E-state index in [1.165, 1.54) is 12.8 Å². The molecule has 3 nitrogen and oxygen atoms in total. The summed E-state index contributed by atoms with van der Waals surface area (Å²) in [6.45, 7) is 3.84. The van der Waals surface area contributed by atoms with Crippen molar-refractivity contribution in [3.05, 3.63) is 29.8 Å². The molecular weight excluding hydrogens is 226 g/mol. The van der Waals surface area contributed by atoms with Crippen molar-refractivity contribution >= 4 is 5.78 Å². The first-order valence-electron chi connectivity index (χ1n) is 6.83. The van der Waals surface area contributed by atoms with Crippen molar-refractivity contribution in [3.8, 4) is 5.75 Å². The third kappa shape index (κ3) is 2.27. The minimum Gasteiger partial charge on any atom is -0.493 e. The van der Waals surface area contributed by atoms with Gasteiger partial charge in [-0.05, 0) is 44.5 Å². The van der Waals surface area contributed by atoms with Crippen LogP contribution in [-0.4, -0.2) is 36.9 Å². The predicted molar refractivity (Wildman–Crippen MR) is 70.0 cm³/mol. The summed E-state index contributed by atoms with van der Waals surface area (Å²) >= 11 is 0. The first-order chi connectivity index (χ1) is 8.84. The van der Waals surface area contributed by atoms with Crippen LogP contribution < -0.4 is 4.74 Å². The summed E-state index contributed by atoms with van der Waals surface area (Å²) < 4.78 is 5.67. The second-order valence-electron chi connectivity index (χ2n) is 5.20.